The number of benzene rings is 2. The van der Waals surface area contributed by atoms with Crippen molar-refractivity contribution in [3.05, 3.63) is 60.2 Å². The number of aliphatic hydroxyl groups excluding tert-OH is 1. The molecule has 3 aromatic rings. The van der Waals surface area contributed by atoms with Crippen molar-refractivity contribution in [1.29, 1.82) is 0 Å². The van der Waals surface area contributed by atoms with E-state index in [0.717, 1.165) is 29.7 Å². The van der Waals surface area contributed by atoms with Gasteiger partial charge in [-0.05, 0) is 43.6 Å². The Labute approximate surface area is 160 Å². The molecular formula is C22H29N4O+. The summed E-state index contributed by atoms with van der Waals surface area (Å²) >= 11 is 0. The number of nitrogen functional groups attached to an aromatic ring is 1. The number of nitrogens with two attached hydrogens (primary N) is 1. The van der Waals surface area contributed by atoms with Gasteiger partial charge < -0.3 is 10.0 Å². The maximum Gasteiger partial charge on any atom is 0.356 e. The van der Waals surface area contributed by atoms with Gasteiger partial charge in [0.2, 0.25) is 0 Å². The highest BCUT2D eigenvalue weighted by atomic mass is 16.3. The standard InChI is InChI=1S/C22H28N4O/c23-22-25(16-15-24-13-7-2-8-14-24)19-11-5-6-12-20(19)26(22)17-21(27)18-9-3-1-4-10-18/h1,3-6,9-12,21,23,27H,2,7-8,13-17H2/p+1/t21-/m0/s1. The van der Waals surface area contributed by atoms with E-state index in [0.29, 0.717) is 12.5 Å². The normalized spacial score (nSPS) is 16.6. The molecule has 0 unspecified atom stereocenters. The van der Waals surface area contributed by atoms with Crippen LogP contribution in [-0.2, 0) is 13.1 Å². The van der Waals surface area contributed by atoms with Crippen molar-refractivity contribution in [1.82, 2.24) is 9.47 Å². The number of hydrogen-bond acceptors (Lipinski definition) is 3. The van der Waals surface area contributed by atoms with E-state index in [4.69, 9.17) is 5.73 Å². The van der Waals surface area contributed by atoms with Gasteiger partial charge in [-0.2, -0.15) is 0 Å². The quantitative estimate of drug-likeness (QED) is 0.661. The van der Waals surface area contributed by atoms with Gasteiger partial charge in [0.1, 0.15) is 23.7 Å². The predicted octanol–water partition coefficient (Wildman–Crippen LogP) is 2.73. The Balaban J connectivity index is 1.60. The van der Waals surface area contributed by atoms with Crippen LogP contribution >= 0.6 is 0 Å². The summed E-state index contributed by atoms with van der Waals surface area (Å²) in [5.74, 6) is 0.711. The Bertz CT molecular complexity index is 884. The minimum absolute atomic E-state index is 0.451. The lowest BCUT2D eigenvalue weighted by molar-refractivity contribution is -0.666. The lowest BCUT2D eigenvalue weighted by atomic mass is 10.1. The highest BCUT2D eigenvalue weighted by Gasteiger charge is 2.24. The SMILES string of the molecule is Nc1n(CCN2CCCCC2)c2ccccc2[n+]1C[C@H](O)c1ccccc1. The number of aromatic nitrogens is 2. The molecule has 1 aliphatic heterocycles. The molecule has 1 atom stereocenters. The fourth-order valence-corrected chi connectivity index (χ4v) is 4.12. The lowest BCUT2D eigenvalue weighted by Crippen LogP contribution is -2.40. The van der Waals surface area contributed by atoms with Crippen LogP contribution in [0.4, 0.5) is 5.95 Å². The van der Waals surface area contributed by atoms with Gasteiger partial charge in [0.05, 0.1) is 6.54 Å². The third kappa shape index (κ3) is 3.84. The molecule has 1 aliphatic rings. The first kappa shape index (κ1) is 18.0. The number of para-hydroxylation sites is 2. The van der Waals surface area contributed by atoms with Crippen molar-refractivity contribution < 1.29 is 9.67 Å². The Morgan fingerprint density at radius 3 is 2.41 bits per heavy atom. The van der Waals surface area contributed by atoms with E-state index in [1.807, 2.05) is 41.0 Å². The average Bonchev–Trinajstić information content (AvgIpc) is 2.99. The van der Waals surface area contributed by atoms with Crippen LogP contribution < -0.4 is 10.3 Å². The van der Waals surface area contributed by atoms with Crippen LogP contribution in [0.25, 0.3) is 11.0 Å². The zero-order valence-corrected chi connectivity index (χ0v) is 15.8. The van der Waals surface area contributed by atoms with Gasteiger partial charge in [0, 0.05) is 6.54 Å². The minimum atomic E-state index is -0.583. The molecule has 5 nitrogen and oxygen atoms in total. The predicted molar refractivity (Wildman–Crippen MR) is 108 cm³/mol. The van der Waals surface area contributed by atoms with Crippen LogP contribution in [0, 0.1) is 0 Å². The van der Waals surface area contributed by atoms with E-state index in [-0.39, 0.29) is 0 Å². The summed E-state index contributed by atoms with van der Waals surface area (Å²) in [7, 11) is 0. The third-order valence-corrected chi connectivity index (χ3v) is 5.64. The largest absolute Gasteiger partial charge is 0.385 e. The number of rotatable bonds is 6. The fraction of sp³-hybridized carbons (Fsp3) is 0.409. The molecule has 0 bridgehead atoms. The number of imidazole rings is 1. The minimum Gasteiger partial charge on any atom is -0.385 e. The molecule has 0 radical (unpaired) electrons. The number of fused-ring (bicyclic) bond motifs is 1. The molecule has 4 rings (SSSR count). The van der Waals surface area contributed by atoms with E-state index < -0.39 is 6.10 Å². The Kier molecular flexibility index (Phi) is 5.41. The van der Waals surface area contributed by atoms with Crippen molar-refractivity contribution in [2.24, 2.45) is 0 Å². The number of aliphatic hydroxyl groups is 1. The molecular weight excluding hydrogens is 336 g/mol. The zero-order chi connectivity index (χ0) is 18.6. The summed E-state index contributed by atoms with van der Waals surface area (Å²) in [5.41, 5.74) is 9.67. The first-order valence-electron chi connectivity index (χ1n) is 9.96. The molecule has 2 aromatic carbocycles. The van der Waals surface area contributed by atoms with Gasteiger partial charge in [-0.3, -0.25) is 5.73 Å². The van der Waals surface area contributed by atoms with E-state index >= 15 is 0 Å². The molecule has 0 aliphatic carbocycles. The topological polar surface area (TPSA) is 58.3 Å². The maximum absolute atomic E-state index is 10.7. The Morgan fingerprint density at radius 1 is 0.926 bits per heavy atom. The smallest absolute Gasteiger partial charge is 0.356 e. The van der Waals surface area contributed by atoms with Crippen LogP contribution in [0.3, 0.4) is 0 Å². The molecule has 1 fully saturated rings. The number of piperidine rings is 1. The van der Waals surface area contributed by atoms with Crippen LogP contribution in [0.2, 0.25) is 0 Å². The number of nitrogens with zero attached hydrogens (tertiary/aromatic N) is 3. The molecule has 1 saturated heterocycles. The van der Waals surface area contributed by atoms with E-state index in [1.54, 1.807) is 0 Å². The van der Waals surface area contributed by atoms with Crippen LogP contribution in [0.5, 0.6) is 0 Å². The first-order chi connectivity index (χ1) is 13.2. The molecule has 0 amide bonds. The van der Waals surface area contributed by atoms with Crippen molar-refractivity contribution in [3.63, 3.8) is 0 Å². The summed E-state index contributed by atoms with van der Waals surface area (Å²) in [6.45, 7) is 4.72. The monoisotopic (exact) mass is 365 g/mol. The summed E-state index contributed by atoms with van der Waals surface area (Å²) in [6.07, 6.45) is 3.36. The van der Waals surface area contributed by atoms with Crippen LogP contribution in [0.1, 0.15) is 30.9 Å². The molecule has 5 heteroatoms. The Morgan fingerprint density at radius 2 is 1.63 bits per heavy atom. The molecule has 2 heterocycles. The number of anilines is 1. The lowest BCUT2D eigenvalue weighted by Gasteiger charge is -2.25. The van der Waals surface area contributed by atoms with Crippen molar-refractivity contribution >= 4 is 17.0 Å². The van der Waals surface area contributed by atoms with Gasteiger partial charge >= 0.3 is 5.95 Å². The molecule has 3 N–H and O–H groups in total. The zero-order valence-electron chi connectivity index (χ0n) is 15.8. The van der Waals surface area contributed by atoms with Gasteiger partial charge in [0.15, 0.2) is 0 Å². The highest BCUT2D eigenvalue weighted by molar-refractivity contribution is 5.73. The van der Waals surface area contributed by atoms with Crippen molar-refractivity contribution in [2.75, 3.05) is 25.4 Å². The van der Waals surface area contributed by atoms with Crippen LogP contribution in [0.15, 0.2) is 54.6 Å². The summed E-state index contributed by atoms with van der Waals surface area (Å²) in [6, 6.07) is 18.1. The molecule has 27 heavy (non-hydrogen) atoms. The first-order valence-corrected chi connectivity index (χ1v) is 9.96. The number of likely N-dealkylation sites (tertiary alicyclic amines) is 1. The highest BCUT2D eigenvalue weighted by Crippen LogP contribution is 2.20. The van der Waals surface area contributed by atoms with Gasteiger partial charge in [-0.25, -0.2) is 9.13 Å². The van der Waals surface area contributed by atoms with Crippen LogP contribution in [-0.4, -0.2) is 34.2 Å². The van der Waals surface area contributed by atoms with E-state index in [1.165, 1.54) is 32.4 Å². The Hall–Kier alpha value is -2.37. The fourth-order valence-electron chi connectivity index (χ4n) is 4.12. The van der Waals surface area contributed by atoms with Gasteiger partial charge in [0.25, 0.3) is 0 Å². The van der Waals surface area contributed by atoms with Gasteiger partial charge in [-0.15, -0.1) is 0 Å². The second-order valence-electron chi connectivity index (χ2n) is 7.44. The van der Waals surface area contributed by atoms with E-state index in [2.05, 4.69) is 27.7 Å². The van der Waals surface area contributed by atoms with Crippen molar-refractivity contribution in [2.45, 2.75) is 38.5 Å². The second-order valence-corrected chi connectivity index (χ2v) is 7.44. The molecule has 142 valence electrons. The van der Waals surface area contributed by atoms with Crippen molar-refractivity contribution in [3.8, 4) is 0 Å². The van der Waals surface area contributed by atoms with Gasteiger partial charge in [-0.1, -0.05) is 48.9 Å². The molecule has 1 aromatic heterocycles. The third-order valence-electron chi connectivity index (χ3n) is 5.64. The average molecular weight is 366 g/mol. The summed E-state index contributed by atoms with van der Waals surface area (Å²) in [5, 5.41) is 10.7. The van der Waals surface area contributed by atoms with E-state index in [9.17, 15) is 5.11 Å². The maximum atomic E-state index is 10.7. The number of hydrogen-bond donors (Lipinski definition) is 2. The molecule has 0 spiro atoms. The summed E-state index contributed by atoms with van der Waals surface area (Å²) in [4.78, 5) is 2.53. The summed E-state index contributed by atoms with van der Waals surface area (Å²) < 4.78 is 4.24. The second kappa shape index (κ2) is 8.11. The molecule has 0 saturated carbocycles.